The lowest BCUT2D eigenvalue weighted by Gasteiger charge is -2.20. The number of aromatic nitrogens is 2. The van der Waals surface area contributed by atoms with Crippen LogP contribution in [0.15, 0.2) is 24.4 Å². The van der Waals surface area contributed by atoms with Gasteiger partial charge in [0.25, 0.3) is 0 Å². The molecule has 0 unspecified atom stereocenters. The molecule has 0 radical (unpaired) electrons. The topological polar surface area (TPSA) is 29.9 Å². The summed E-state index contributed by atoms with van der Waals surface area (Å²) in [7, 11) is 1.78. The average Bonchev–Trinajstić information content (AvgIpc) is 2.67. The Balaban J connectivity index is 2.36. The largest absolute Gasteiger partial charge is 0.308 e. The van der Waals surface area contributed by atoms with E-state index in [1.54, 1.807) is 11.7 Å². The Morgan fingerprint density at radius 3 is 2.55 bits per heavy atom. The van der Waals surface area contributed by atoms with Gasteiger partial charge in [-0.05, 0) is 32.9 Å². The molecule has 2 aromatic rings. The Hall–Kier alpha value is -1.75. The van der Waals surface area contributed by atoms with Gasteiger partial charge < -0.3 is 5.32 Å². The van der Waals surface area contributed by atoms with E-state index in [0.717, 1.165) is 11.6 Å². The van der Waals surface area contributed by atoms with Gasteiger partial charge in [0.15, 0.2) is 0 Å². The molecule has 0 fully saturated rings. The van der Waals surface area contributed by atoms with Crippen molar-refractivity contribution in [2.75, 3.05) is 0 Å². The number of hydrogen-bond acceptors (Lipinski definition) is 2. The second kappa shape index (κ2) is 5.32. The SMILES string of the molecule is Cn1cc(CNC(C)(C)C)c(-c2ccc(F)cc2F)n1. The van der Waals surface area contributed by atoms with Crippen LogP contribution in [-0.2, 0) is 13.6 Å². The van der Waals surface area contributed by atoms with Crippen LogP contribution in [0.4, 0.5) is 8.78 Å². The number of nitrogens with one attached hydrogen (secondary N) is 1. The Kier molecular flexibility index (Phi) is 3.90. The zero-order valence-electron chi connectivity index (χ0n) is 12.2. The summed E-state index contributed by atoms with van der Waals surface area (Å²) in [5, 5.41) is 7.63. The van der Waals surface area contributed by atoms with Crippen molar-refractivity contribution in [1.29, 1.82) is 0 Å². The fraction of sp³-hybridized carbons (Fsp3) is 0.400. The second-order valence-corrected chi connectivity index (χ2v) is 5.90. The molecule has 20 heavy (non-hydrogen) atoms. The molecule has 0 amide bonds. The first-order chi connectivity index (χ1) is 9.26. The predicted molar refractivity (Wildman–Crippen MR) is 75.2 cm³/mol. The highest BCUT2D eigenvalue weighted by molar-refractivity contribution is 5.63. The third-order valence-electron chi connectivity index (χ3n) is 2.90. The van der Waals surface area contributed by atoms with Crippen LogP contribution >= 0.6 is 0 Å². The zero-order chi connectivity index (χ0) is 14.9. The molecule has 0 saturated carbocycles. The van der Waals surface area contributed by atoms with Crippen molar-refractivity contribution in [3.05, 3.63) is 41.6 Å². The number of aryl methyl sites for hydroxylation is 1. The summed E-state index contributed by atoms with van der Waals surface area (Å²) in [6, 6.07) is 3.55. The molecule has 0 aliphatic rings. The van der Waals surface area contributed by atoms with Gasteiger partial charge in [0.2, 0.25) is 0 Å². The van der Waals surface area contributed by atoms with Crippen molar-refractivity contribution < 1.29 is 8.78 Å². The molecule has 0 bridgehead atoms. The molecule has 108 valence electrons. The molecular formula is C15H19F2N3. The summed E-state index contributed by atoms with van der Waals surface area (Å²) in [4.78, 5) is 0. The number of rotatable bonds is 3. The van der Waals surface area contributed by atoms with E-state index in [4.69, 9.17) is 0 Å². The highest BCUT2D eigenvalue weighted by Gasteiger charge is 2.16. The first-order valence-corrected chi connectivity index (χ1v) is 6.49. The van der Waals surface area contributed by atoms with Gasteiger partial charge in [-0.3, -0.25) is 4.68 Å². The number of halogens is 2. The fourth-order valence-electron chi connectivity index (χ4n) is 1.94. The van der Waals surface area contributed by atoms with Gasteiger partial charge in [-0.2, -0.15) is 5.10 Å². The van der Waals surface area contributed by atoms with Crippen LogP contribution in [0.25, 0.3) is 11.3 Å². The summed E-state index contributed by atoms with van der Waals surface area (Å²) in [5.41, 5.74) is 1.70. The van der Waals surface area contributed by atoms with Crippen LogP contribution in [0, 0.1) is 11.6 Å². The molecule has 0 atom stereocenters. The molecule has 1 heterocycles. The summed E-state index contributed by atoms with van der Waals surface area (Å²) in [5.74, 6) is -1.18. The van der Waals surface area contributed by atoms with Gasteiger partial charge in [-0.15, -0.1) is 0 Å². The van der Waals surface area contributed by atoms with Crippen molar-refractivity contribution in [2.24, 2.45) is 7.05 Å². The monoisotopic (exact) mass is 279 g/mol. The van der Waals surface area contributed by atoms with Crippen molar-refractivity contribution in [2.45, 2.75) is 32.9 Å². The maximum absolute atomic E-state index is 13.9. The van der Waals surface area contributed by atoms with E-state index in [-0.39, 0.29) is 5.54 Å². The lowest BCUT2D eigenvalue weighted by atomic mass is 10.1. The van der Waals surface area contributed by atoms with E-state index in [1.807, 2.05) is 6.20 Å². The first kappa shape index (κ1) is 14.7. The van der Waals surface area contributed by atoms with Crippen molar-refractivity contribution in [3.8, 4) is 11.3 Å². The smallest absolute Gasteiger partial charge is 0.135 e. The third-order valence-corrected chi connectivity index (χ3v) is 2.90. The molecule has 1 aromatic carbocycles. The molecule has 0 aliphatic carbocycles. The molecule has 5 heteroatoms. The first-order valence-electron chi connectivity index (χ1n) is 6.49. The Morgan fingerprint density at radius 1 is 1.25 bits per heavy atom. The van der Waals surface area contributed by atoms with Gasteiger partial charge >= 0.3 is 0 Å². The fourth-order valence-corrected chi connectivity index (χ4v) is 1.94. The van der Waals surface area contributed by atoms with Crippen LogP contribution in [0.3, 0.4) is 0 Å². The van der Waals surface area contributed by atoms with Crippen molar-refractivity contribution in [1.82, 2.24) is 15.1 Å². The molecule has 3 nitrogen and oxygen atoms in total. The molecule has 1 N–H and O–H groups in total. The minimum Gasteiger partial charge on any atom is -0.308 e. The van der Waals surface area contributed by atoms with Crippen molar-refractivity contribution >= 4 is 0 Å². The van der Waals surface area contributed by atoms with E-state index < -0.39 is 11.6 Å². The van der Waals surface area contributed by atoms with Crippen LogP contribution in [-0.4, -0.2) is 15.3 Å². The van der Waals surface area contributed by atoms with Crippen LogP contribution in [0.5, 0.6) is 0 Å². The molecule has 1 aromatic heterocycles. The third kappa shape index (κ3) is 3.42. The van der Waals surface area contributed by atoms with E-state index in [9.17, 15) is 8.78 Å². The molecular weight excluding hydrogens is 260 g/mol. The number of hydrogen-bond donors (Lipinski definition) is 1. The zero-order valence-corrected chi connectivity index (χ0v) is 12.2. The summed E-state index contributed by atoms with van der Waals surface area (Å²) in [6.45, 7) is 6.74. The van der Waals surface area contributed by atoms with Gasteiger partial charge in [0, 0.05) is 42.5 Å². The summed E-state index contributed by atoms with van der Waals surface area (Å²) in [6.07, 6.45) is 1.84. The lowest BCUT2D eigenvalue weighted by Crippen LogP contribution is -2.35. The van der Waals surface area contributed by atoms with Gasteiger partial charge in [-0.25, -0.2) is 8.78 Å². The van der Waals surface area contributed by atoms with Crippen LogP contribution in [0.1, 0.15) is 26.3 Å². The Labute approximate surface area is 117 Å². The Morgan fingerprint density at radius 2 is 1.95 bits per heavy atom. The van der Waals surface area contributed by atoms with Gasteiger partial charge in [0.1, 0.15) is 11.6 Å². The van der Waals surface area contributed by atoms with Gasteiger partial charge in [0.05, 0.1) is 5.69 Å². The highest BCUT2D eigenvalue weighted by atomic mass is 19.1. The van der Waals surface area contributed by atoms with E-state index in [2.05, 4.69) is 31.2 Å². The summed E-state index contributed by atoms with van der Waals surface area (Å²) >= 11 is 0. The Bertz CT molecular complexity index is 612. The molecule has 2 rings (SSSR count). The van der Waals surface area contributed by atoms with E-state index in [0.29, 0.717) is 17.8 Å². The maximum atomic E-state index is 13.9. The molecule has 0 spiro atoms. The lowest BCUT2D eigenvalue weighted by molar-refractivity contribution is 0.424. The van der Waals surface area contributed by atoms with Gasteiger partial charge in [-0.1, -0.05) is 0 Å². The number of benzene rings is 1. The quantitative estimate of drug-likeness (QED) is 0.934. The molecule has 0 aliphatic heterocycles. The minimum absolute atomic E-state index is 0.0472. The van der Waals surface area contributed by atoms with Crippen LogP contribution < -0.4 is 5.32 Å². The highest BCUT2D eigenvalue weighted by Crippen LogP contribution is 2.25. The predicted octanol–water partition coefficient (Wildman–Crippen LogP) is 3.25. The van der Waals surface area contributed by atoms with E-state index >= 15 is 0 Å². The molecule has 0 saturated heterocycles. The second-order valence-electron chi connectivity index (χ2n) is 5.90. The van der Waals surface area contributed by atoms with Crippen LogP contribution in [0.2, 0.25) is 0 Å². The van der Waals surface area contributed by atoms with Crippen molar-refractivity contribution in [3.63, 3.8) is 0 Å². The number of nitrogens with zero attached hydrogens (tertiary/aromatic N) is 2. The van der Waals surface area contributed by atoms with E-state index in [1.165, 1.54) is 12.1 Å². The standard InChI is InChI=1S/C15H19F2N3/c1-15(2,3)18-8-10-9-20(4)19-14(10)12-6-5-11(16)7-13(12)17/h5-7,9,18H,8H2,1-4H3. The summed E-state index contributed by atoms with van der Waals surface area (Å²) < 4.78 is 28.5. The minimum atomic E-state index is -0.597. The normalized spacial score (nSPS) is 11.9. The average molecular weight is 279 g/mol. The maximum Gasteiger partial charge on any atom is 0.135 e.